The average molecular weight is 472 g/mol. The molecule has 4 aromatic rings. The van der Waals surface area contributed by atoms with Gasteiger partial charge >= 0.3 is 0 Å². The van der Waals surface area contributed by atoms with Crippen molar-refractivity contribution in [2.45, 2.75) is 26.0 Å². The molecule has 7 nitrogen and oxygen atoms in total. The van der Waals surface area contributed by atoms with Gasteiger partial charge in [-0.3, -0.25) is 4.79 Å². The van der Waals surface area contributed by atoms with Crippen LogP contribution >= 0.6 is 0 Å². The fourth-order valence-corrected chi connectivity index (χ4v) is 3.79. The Balaban J connectivity index is 1.42. The normalized spacial score (nSPS) is 11.7. The van der Waals surface area contributed by atoms with E-state index in [0.29, 0.717) is 31.3 Å². The van der Waals surface area contributed by atoms with Gasteiger partial charge in [0.25, 0.3) is 0 Å². The van der Waals surface area contributed by atoms with Crippen LogP contribution in [0.25, 0.3) is 11.4 Å². The van der Waals surface area contributed by atoms with Crippen LogP contribution < -0.4 is 4.74 Å². The summed E-state index contributed by atoms with van der Waals surface area (Å²) in [5.41, 5.74) is 2.91. The first-order chi connectivity index (χ1) is 17.1. The van der Waals surface area contributed by atoms with Crippen molar-refractivity contribution in [3.05, 3.63) is 102 Å². The molecule has 1 heterocycles. The van der Waals surface area contributed by atoms with E-state index >= 15 is 0 Å². The second kappa shape index (κ2) is 11.9. The van der Waals surface area contributed by atoms with Crippen molar-refractivity contribution < 1.29 is 18.8 Å². The zero-order valence-electron chi connectivity index (χ0n) is 20.0. The molecule has 7 heteroatoms. The molecule has 3 aromatic carbocycles. The lowest BCUT2D eigenvalue weighted by atomic mass is 10.1. The lowest BCUT2D eigenvalue weighted by molar-refractivity contribution is -0.138. The molecule has 0 unspecified atom stereocenters. The number of benzene rings is 3. The number of carbonyl (C=O) groups is 1. The van der Waals surface area contributed by atoms with Gasteiger partial charge in [-0.1, -0.05) is 65.8 Å². The summed E-state index contributed by atoms with van der Waals surface area (Å²) in [7, 11) is 1.62. The second-order valence-electron chi connectivity index (χ2n) is 8.14. The topological polar surface area (TPSA) is 77.7 Å². The summed E-state index contributed by atoms with van der Waals surface area (Å²) in [6.07, 6.45) is 0.435. The van der Waals surface area contributed by atoms with Gasteiger partial charge in [-0.15, -0.1) is 0 Å². The lowest BCUT2D eigenvalue weighted by Gasteiger charge is -2.29. The second-order valence-corrected chi connectivity index (χ2v) is 8.14. The van der Waals surface area contributed by atoms with Crippen molar-refractivity contribution in [1.29, 1.82) is 0 Å². The summed E-state index contributed by atoms with van der Waals surface area (Å²) >= 11 is 0. The maximum atomic E-state index is 13.2. The van der Waals surface area contributed by atoms with E-state index in [1.54, 1.807) is 12.0 Å². The number of rotatable bonds is 11. The summed E-state index contributed by atoms with van der Waals surface area (Å²) in [5, 5.41) is 4.10. The van der Waals surface area contributed by atoms with Gasteiger partial charge in [0.1, 0.15) is 12.4 Å². The molecule has 0 radical (unpaired) electrons. The Morgan fingerprint density at radius 3 is 2.34 bits per heavy atom. The number of methoxy groups -OCH3 is 1. The molecule has 0 spiro atoms. The zero-order valence-corrected chi connectivity index (χ0v) is 20.0. The molecule has 1 amide bonds. The van der Waals surface area contributed by atoms with Crippen LogP contribution in [-0.4, -0.2) is 41.2 Å². The molecule has 0 aliphatic carbocycles. The third-order valence-electron chi connectivity index (χ3n) is 5.79. The van der Waals surface area contributed by atoms with Gasteiger partial charge in [-0.05, 0) is 42.3 Å². The van der Waals surface area contributed by atoms with Gasteiger partial charge < -0.3 is 18.9 Å². The minimum atomic E-state index is -0.131. The largest absolute Gasteiger partial charge is 0.497 e. The summed E-state index contributed by atoms with van der Waals surface area (Å²) in [6.45, 7) is 2.82. The lowest BCUT2D eigenvalue weighted by Crippen LogP contribution is -2.37. The number of ether oxygens (including phenoxy) is 2. The van der Waals surface area contributed by atoms with Crippen molar-refractivity contribution in [2.75, 3.05) is 20.3 Å². The van der Waals surface area contributed by atoms with Crippen molar-refractivity contribution in [2.24, 2.45) is 0 Å². The first-order valence-corrected chi connectivity index (χ1v) is 11.6. The summed E-state index contributed by atoms with van der Waals surface area (Å²) < 4.78 is 16.4. The molecule has 0 N–H and O–H groups in total. The minimum Gasteiger partial charge on any atom is -0.497 e. The Morgan fingerprint density at radius 2 is 1.66 bits per heavy atom. The Bertz CT molecular complexity index is 1190. The zero-order chi connectivity index (χ0) is 24.5. The Kier molecular flexibility index (Phi) is 8.25. The van der Waals surface area contributed by atoms with Gasteiger partial charge in [-0.2, -0.15) is 4.98 Å². The number of carbonyl (C=O) groups excluding carboxylic acids is 1. The third-order valence-corrected chi connectivity index (χ3v) is 5.79. The highest BCUT2D eigenvalue weighted by Gasteiger charge is 2.22. The van der Waals surface area contributed by atoms with E-state index in [2.05, 4.69) is 10.1 Å². The van der Waals surface area contributed by atoms with E-state index in [4.69, 9.17) is 14.0 Å². The van der Waals surface area contributed by atoms with Crippen LogP contribution in [-0.2, 0) is 22.6 Å². The van der Waals surface area contributed by atoms with Crippen molar-refractivity contribution in [1.82, 2.24) is 15.0 Å². The predicted molar refractivity (Wildman–Crippen MR) is 133 cm³/mol. The van der Waals surface area contributed by atoms with Gasteiger partial charge in [-0.25, -0.2) is 0 Å². The number of nitrogens with zero attached hydrogens (tertiary/aromatic N) is 3. The van der Waals surface area contributed by atoms with Gasteiger partial charge in [0.05, 0.1) is 19.8 Å². The molecule has 0 bridgehead atoms. The van der Waals surface area contributed by atoms with E-state index in [-0.39, 0.29) is 18.6 Å². The molecular weight excluding hydrogens is 442 g/mol. The molecule has 35 heavy (non-hydrogen) atoms. The Morgan fingerprint density at radius 1 is 0.971 bits per heavy atom. The molecule has 0 saturated heterocycles. The van der Waals surface area contributed by atoms with Crippen LogP contribution in [0.15, 0.2) is 89.5 Å². The number of hydrogen-bond donors (Lipinski definition) is 0. The van der Waals surface area contributed by atoms with E-state index in [9.17, 15) is 4.79 Å². The highest BCUT2D eigenvalue weighted by Crippen LogP contribution is 2.22. The first-order valence-electron chi connectivity index (χ1n) is 11.6. The molecule has 4 rings (SSSR count). The van der Waals surface area contributed by atoms with Crippen LogP contribution in [0.4, 0.5) is 0 Å². The third kappa shape index (κ3) is 6.55. The van der Waals surface area contributed by atoms with E-state index in [1.807, 2.05) is 91.9 Å². The van der Waals surface area contributed by atoms with Gasteiger partial charge in [0.2, 0.25) is 17.6 Å². The van der Waals surface area contributed by atoms with Crippen LogP contribution in [0.2, 0.25) is 0 Å². The first kappa shape index (κ1) is 24.2. The number of aromatic nitrogens is 2. The van der Waals surface area contributed by atoms with Crippen LogP contribution in [0.5, 0.6) is 5.75 Å². The van der Waals surface area contributed by atoms with Gasteiger partial charge in [0, 0.05) is 18.5 Å². The molecule has 0 aliphatic heterocycles. The van der Waals surface area contributed by atoms with Gasteiger partial charge in [0.15, 0.2) is 0 Å². The van der Waals surface area contributed by atoms with Crippen molar-refractivity contribution in [3.63, 3.8) is 0 Å². The molecule has 1 aromatic heterocycles. The molecule has 0 fully saturated rings. The molecule has 0 aliphatic rings. The number of hydrogen-bond acceptors (Lipinski definition) is 6. The van der Waals surface area contributed by atoms with Crippen molar-refractivity contribution >= 4 is 5.91 Å². The average Bonchev–Trinajstić information content (AvgIpc) is 3.39. The maximum absolute atomic E-state index is 13.2. The van der Waals surface area contributed by atoms with E-state index < -0.39 is 0 Å². The standard InChI is InChI=1S/C28H29N3O4/c1-21(23-11-7-4-8-12-23)31(27(32)20-34-19-22-9-5-3-6-10-22)18-17-26-29-28(30-35-26)24-13-15-25(33-2)16-14-24/h3-16,21H,17-20H2,1-2H3/t21-/m0/s1. The number of amides is 1. The molecular formula is C28H29N3O4. The molecule has 1 atom stereocenters. The van der Waals surface area contributed by atoms with Crippen molar-refractivity contribution in [3.8, 4) is 17.1 Å². The van der Waals surface area contributed by atoms with Crippen LogP contribution in [0, 0.1) is 0 Å². The fourth-order valence-electron chi connectivity index (χ4n) is 3.79. The Hall–Kier alpha value is -3.97. The SMILES string of the molecule is COc1ccc(-c2noc(CCN(C(=O)COCc3ccccc3)[C@@H](C)c3ccccc3)n2)cc1. The fraction of sp³-hybridized carbons (Fsp3) is 0.250. The molecule has 0 saturated carbocycles. The van der Waals surface area contributed by atoms with Crippen LogP contribution in [0.1, 0.15) is 30.0 Å². The summed E-state index contributed by atoms with van der Waals surface area (Å²) in [6, 6.07) is 27.1. The van der Waals surface area contributed by atoms with E-state index in [0.717, 1.165) is 22.4 Å². The molecule has 180 valence electrons. The minimum absolute atomic E-state index is 0.00694. The smallest absolute Gasteiger partial charge is 0.249 e. The monoisotopic (exact) mass is 471 g/mol. The predicted octanol–water partition coefficient (Wildman–Crippen LogP) is 5.09. The maximum Gasteiger partial charge on any atom is 0.249 e. The highest BCUT2D eigenvalue weighted by molar-refractivity contribution is 5.78. The highest BCUT2D eigenvalue weighted by atomic mass is 16.5. The quantitative estimate of drug-likeness (QED) is 0.303. The Labute approximate surface area is 205 Å². The van der Waals surface area contributed by atoms with Crippen LogP contribution in [0.3, 0.4) is 0 Å². The summed E-state index contributed by atoms with van der Waals surface area (Å²) in [4.78, 5) is 19.5. The van der Waals surface area contributed by atoms with E-state index in [1.165, 1.54) is 0 Å². The summed E-state index contributed by atoms with van der Waals surface area (Å²) in [5.74, 6) is 1.64.